The van der Waals surface area contributed by atoms with Crippen molar-refractivity contribution in [1.82, 2.24) is 31.5 Å². The SMILES string of the molecule is C=CCOC(=O)C[C@@H](NC(=O)[C@H]1CSC2=C(C[C@@H](NC(=O)[C@@H](N)[C@@H](C)[C@H](C)O[Si](C)(C)C(C)(C)C)C(=O)CCC(=O)N[C@@H]([C@@H](C)CC)C(=O)NCC(=O)N1)c1ccc(OC)cc1C2)C(=O)N1C[C@H](O)C[C@H]1C(=O)O. The van der Waals surface area contributed by atoms with Crippen molar-refractivity contribution >= 4 is 78.8 Å². The fourth-order valence-electron chi connectivity index (χ4n) is 8.52. The van der Waals surface area contributed by atoms with Crippen LogP contribution in [0.25, 0.3) is 5.57 Å². The molecule has 0 saturated carbocycles. The number of carboxylic acid groups (broad SMARTS) is 1. The average Bonchev–Trinajstić information content (AvgIpc) is 3.91. The summed E-state index contributed by atoms with van der Waals surface area (Å²) in [7, 11) is -0.784. The molecule has 1 saturated heterocycles. The van der Waals surface area contributed by atoms with E-state index in [2.05, 4.69) is 67.0 Å². The number of esters is 1. The third-order valence-electron chi connectivity index (χ3n) is 14.4. The summed E-state index contributed by atoms with van der Waals surface area (Å²) in [5.74, 6) is -8.29. The molecule has 0 bridgehead atoms. The van der Waals surface area contributed by atoms with Gasteiger partial charge in [0.2, 0.25) is 35.4 Å². The largest absolute Gasteiger partial charge is 0.497 e. The van der Waals surface area contributed by atoms with Gasteiger partial charge in [0.15, 0.2) is 14.1 Å². The lowest BCUT2D eigenvalue weighted by Crippen LogP contribution is -2.58. The molecule has 4 rings (SSSR count). The highest BCUT2D eigenvalue weighted by Gasteiger charge is 2.44. The topological polar surface area (TPSA) is 311 Å². The van der Waals surface area contributed by atoms with Crippen molar-refractivity contribution in [3.8, 4) is 5.75 Å². The number of carbonyl (C=O) groups is 9. The molecule has 74 heavy (non-hydrogen) atoms. The van der Waals surface area contributed by atoms with Crippen LogP contribution in [0.5, 0.6) is 5.75 Å². The van der Waals surface area contributed by atoms with E-state index in [9.17, 15) is 53.4 Å². The number of benzene rings is 1. The van der Waals surface area contributed by atoms with Crippen molar-refractivity contribution in [2.75, 3.05) is 32.6 Å². The average molecular weight is 1070 g/mol. The first kappa shape index (κ1) is 60.9. The predicted octanol–water partition coefficient (Wildman–Crippen LogP) is 2.09. The molecule has 2 aliphatic heterocycles. The van der Waals surface area contributed by atoms with Crippen LogP contribution in [0.1, 0.15) is 98.1 Å². The van der Waals surface area contributed by atoms with Crippen LogP contribution in [-0.4, -0.2) is 158 Å². The fraction of sp³-hybridized carbons (Fsp3) is 0.627. The first-order valence-electron chi connectivity index (χ1n) is 25.1. The van der Waals surface area contributed by atoms with Crippen LogP contribution in [-0.2, 0) is 58.7 Å². The Labute approximate surface area is 438 Å². The van der Waals surface area contributed by atoms with E-state index >= 15 is 0 Å². The molecule has 0 aromatic heterocycles. The number of nitrogens with two attached hydrogens (primary N) is 1. The van der Waals surface area contributed by atoms with Crippen LogP contribution in [0.4, 0.5) is 0 Å². The number of likely N-dealkylation sites (tertiary alicyclic amines) is 1. The highest BCUT2D eigenvalue weighted by Crippen LogP contribution is 2.43. The minimum atomic E-state index is -2.29. The number of thioether (sulfide) groups is 1. The number of fused-ring (bicyclic) bond motifs is 2. The molecule has 1 aromatic rings. The van der Waals surface area contributed by atoms with Gasteiger partial charge in [0.1, 0.15) is 36.5 Å². The number of methoxy groups -OCH3 is 1. The maximum absolute atomic E-state index is 14.5. The number of hydrogen-bond donors (Lipinski definition) is 8. The van der Waals surface area contributed by atoms with Crippen molar-refractivity contribution in [1.29, 1.82) is 0 Å². The van der Waals surface area contributed by atoms with Gasteiger partial charge in [0.25, 0.3) is 0 Å². The van der Waals surface area contributed by atoms with Gasteiger partial charge in [-0.3, -0.25) is 38.4 Å². The molecule has 2 heterocycles. The Kier molecular flexibility index (Phi) is 22.0. The minimum absolute atomic E-state index is 0.0953. The molecular formula is C51H77N7O14SSi. The molecule has 1 fully saturated rings. The maximum Gasteiger partial charge on any atom is 0.326 e. The Morgan fingerprint density at radius 2 is 1.74 bits per heavy atom. The second kappa shape index (κ2) is 26.7. The number of allylic oxidation sites excluding steroid dienone is 1. The Morgan fingerprint density at radius 3 is 2.36 bits per heavy atom. The number of amides is 6. The summed E-state index contributed by atoms with van der Waals surface area (Å²) in [6.07, 6.45) is -1.49. The maximum atomic E-state index is 14.5. The third-order valence-corrected chi connectivity index (χ3v) is 20.3. The fourth-order valence-corrected chi connectivity index (χ4v) is 11.2. The quantitative estimate of drug-likeness (QED) is 0.0629. The molecule has 410 valence electrons. The smallest absolute Gasteiger partial charge is 0.326 e. The lowest BCUT2D eigenvalue weighted by molar-refractivity contribution is -0.151. The predicted molar refractivity (Wildman–Crippen MR) is 280 cm³/mol. The van der Waals surface area contributed by atoms with Gasteiger partial charge in [-0.05, 0) is 64.7 Å². The summed E-state index contributed by atoms with van der Waals surface area (Å²) in [6.45, 7) is 19.9. The standard InChI is InChI=1S/C51H77N7O14SSi/c1-12-18-71-43(63)23-36(49(67)58-25-31(59)21-38(58)50(68)69)56-46(64)37-26-73-40-20-30-19-32(70-9)14-15-33(30)34(40)22-35(55-47(65)44(52)28(4)29(5)72-74(10,11)51(6,7)8)39(60)16-17-41(61)57-45(27(3)13-2)48(66)53-24-42(62)54-37/h12,14-15,19,27-29,31,35-38,44-45,59H,1,13,16-18,20-26,52H2,2-11H3,(H,53,66)(H,54,62)(H,55,65)(H,56,64)(H,57,61)(H,68,69)/t27-,28-,29-,31+,35+,36+,37+,38-,44-,45-/m0/s1. The highest BCUT2D eigenvalue weighted by atomic mass is 32.2. The normalized spacial score (nSPS) is 23.5. The van der Waals surface area contributed by atoms with E-state index in [1.807, 2.05) is 13.0 Å². The van der Waals surface area contributed by atoms with E-state index in [1.54, 1.807) is 32.9 Å². The minimum Gasteiger partial charge on any atom is -0.497 e. The van der Waals surface area contributed by atoms with E-state index in [4.69, 9.17) is 19.6 Å². The molecule has 1 aromatic carbocycles. The van der Waals surface area contributed by atoms with Gasteiger partial charge < -0.3 is 61.3 Å². The van der Waals surface area contributed by atoms with Gasteiger partial charge in [-0.2, -0.15) is 0 Å². The zero-order chi connectivity index (χ0) is 55.4. The number of carbonyl (C=O) groups excluding carboxylic acids is 8. The third kappa shape index (κ3) is 16.2. The van der Waals surface area contributed by atoms with Gasteiger partial charge in [0.05, 0.1) is 38.3 Å². The van der Waals surface area contributed by atoms with Crippen LogP contribution in [0.15, 0.2) is 35.8 Å². The molecule has 10 atom stereocenters. The van der Waals surface area contributed by atoms with E-state index in [1.165, 1.54) is 13.2 Å². The number of ether oxygens (including phenoxy) is 2. The van der Waals surface area contributed by atoms with Crippen molar-refractivity contribution in [3.63, 3.8) is 0 Å². The van der Waals surface area contributed by atoms with Gasteiger partial charge in [0, 0.05) is 56.4 Å². The number of β-amino-alcohol motifs (C(OH)–C–C–N with tert-alkyl or cyclic N) is 1. The Bertz CT molecular complexity index is 2320. The molecule has 21 nitrogen and oxygen atoms in total. The molecule has 0 radical (unpaired) electrons. The Morgan fingerprint density at radius 1 is 1.05 bits per heavy atom. The number of nitrogens with zero attached hydrogens (tertiary/aromatic N) is 1. The van der Waals surface area contributed by atoms with Gasteiger partial charge >= 0.3 is 11.9 Å². The van der Waals surface area contributed by atoms with Crippen LogP contribution in [0.2, 0.25) is 18.1 Å². The Hall–Kier alpha value is -5.62. The van der Waals surface area contributed by atoms with Gasteiger partial charge in [-0.25, -0.2) is 4.79 Å². The van der Waals surface area contributed by atoms with E-state index < -0.39 is 141 Å². The zero-order valence-corrected chi connectivity index (χ0v) is 46.1. The second-order valence-electron chi connectivity index (χ2n) is 20.9. The molecule has 0 spiro atoms. The van der Waals surface area contributed by atoms with Crippen molar-refractivity contribution < 1.29 is 67.3 Å². The van der Waals surface area contributed by atoms with Crippen LogP contribution < -0.4 is 37.1 Å². The second-order valence-corrected chi connectivity index (χ2v) is 26.7. The highest BCUT2D eigenvalue weighted by molar-refractivity contribution is 8.03. The summed E-state index contributed by atoms with van der Waals surface area (Å²) < 4.78 is 17.2. The van der Waals surface area contributed by atoms with Crippen LogP contribution >= 0.6 is 11.8 Å². The number of ketones is 1. The summed E-state index contributed by atoms with van der Waals surface area (Å²) in [6, 6.07) is -2.86. The number of aliphatic hydroxyl groups is 1. The first-order chi connectivity index (χ1) is 34.6. The molecule has 6 amide bonds. The number of nitrogens with one attached hydrogen (secondary N) is 5. The van der Waals surface area contributed by atoms with Gasteiger partial charge in [-0.1, -0.05) is 66.7 Å². The summed E-state index contributed by atoms with van der Waals surface area (Å²) in [4.78, 5) is 125. The molecule has 3 aliphatic rings. The number of carboxylic acids is 1. The van der Waals surface area contributed by atoms with Crippen LogP contribution in [0.3, 0.4) is 0 Å². The summed E-state index contributed by atoms with van der Waals surface area (Å²) >= 11 is 1.13. The lowest BCUT2D eigenvalue weighted by atomic mass is 9.93. The number of rotatable bonds is 17. The number of aliphatic carboxylic acids is 1. The summed E-state index contributed by atoms with van der Waals surface area (Å²) in [5.41, 5.74) is 8.75. The number of hydrogen-bond acceptors (Lipinski definition) is 15. The summed E-state index contributed by atoms with van der Waals surface area (Å²) in [5, 5.41) is 33.4. The van der Waals surface area contributed by atoms with Crippen LogP contribution in [0, 0.1) is 11.8 Å². The molecule has 1 aliphatic carbocycles. The van der Waals surface area contributed by atoms with Gasteiger partial charge in [-0.15, -0.1) is 11.8 Å². The molecular weight excluding hydrogens is 995 g/mol. The van der Waals surface area contributed by atoms with Crippen molar-refractivity contribution in [2.45, 2.75) is 160 Å². The monoisotopic (exact) mass is 1070 g/mol. The molecule has 9 N–H and O–H groups in total. The van der Waals surface area contributed by atoms with E-state index in [0.29, 0.717) is 28.2 Å². The van der Waals surface area contributed by atoms with E-state index in [0.717, 1.165) is 22.2 Å². The number of aliphatic hydroxyl groups excluding tert-OH is 1. The van der Waals surface area contributed by atoms with Crippen molar-refractivity contribution in [3.05, 3.63) is 46.9 Å². The number of Topliss-reactive ketones (excluding diaryl/α,β-unsaturated/α-hetero) is 1. The lowest BCUT2D eigenvalue weighted by Gasteiger charge is -2.40. The molecule has 23 heteroatoms. The molecule has 0 unspecified atom stereocenters. The Balaban J connectivity index is 1.80. The zero-order valence-electron chi connectivity index (χ0n) is 44.3. The van der Waals surface area contributed by atoms with E-state index in [-0.39, 0.29) is 49.5 Å². The first-order valence-corrected chi connectivity index (χ1v) is 28.9. The van der Waals surface area contributed by atoms with Crippen molar-refractivity contribution in [2.24, 2.45) is 17.6 Å².